The van der Waals surface area contributed by atoms with Crippen molar-refractivity contribution in [3.8, 4) is 17.3 Å². The fraction of sp³-hybridized carbons (Fsp3) is 0.440. The van der Waals surface area contributed by atoms with Gasteiger partial charge in [-0.25, -0.2) is 4.79 Å². The van der Waals surface area contributed by atoms with Crippen LogP contribution in [0.5, 0.6) is 5.75 Å². The molecule has 186 valence electrons. The van der Waals surface area contributed by atoms with Crippen molar-refractivity contribution >= 4 is 27.8 Å². The molecule has 4 rings (SSSR count). The van der Waals surface area contributed by atoms with E-state index in [0.29, 0.717) is 51.5 Å². The Balaban J connectivity index is 1.59. The molecule has 0 bridgehead atoms. The molecular formula is C25H29BrN4O5. The van der Waals surface area contributed by atoms with Crippen molar-refractivity contribution < 1.29 is 23.8 Å². The van der Waals surface area contributed by atoms with Crippen molar-refractivity contribution in [1.82, 2.24) is 20.1 Å². The van der Waals surface area contributed by atoms with Gasteiger partial charge in [0.1, 0.15) is 18.1 Å². The lowest BCUT2D eigenvalue weighted by molar-refractivity contribution is 0.0883. The number of nitrogens with zero attached hydrogens (tertiary/aromatic N) is 3. The van der Waals surface area contributed by atoms with Crippen LogP contribution < -0.4 is 4.74 Å². The molecule has 1 fully saturated rings. The van der Waals surface area contributed by atoms with Gasteiger partial charge < -0.3 is 24.1 Å². The predicted molar refractivity (Wildman–Crippen MR) is 133 cm³/mol. The number of hydrogen-bond donors (Lipinski definition) is 2. The summed E-state index contributed by atoms with van der Waals surface area (Å²) < 4.78 is 12.5. The minimum Gasteiger partial charge on any atom is -0.491 e. The largest absolute Gasteiger partial charge is 0.491 e. The van der Waals surface area contributed by atoms with E-state index in [1.165, 1.54) is 4.90 Å². The molecule has 2 aromatic heterocycles. The van der Waals surface area contributed by atoms with E-state index in [1.807, 2.05) is 34.6 Å². The average molecular weight is 545 g/mol. The molecule has 1 amide bonds. The lowest BCUT2D eigenvalue weighted by Crippen LogP contribution is -2.46. The maximum Gasteiger partial charge on any atom is 0.407 e. The van der Waals surface area contributed by atoms with E-state index in [-0.39, 0.29) is 18.9 Å². The molecule has 0 radical (unpaired) electrons. The van der Waals surface area contributed by atoms with E-state index >= 15 is 0 Å². The quantitative estimate of drug-likeness (QED) is 0.348. The molecule has 9 nitrogen and oxygen atoms in total. The summed E-state index contributed by atoms with van der Waals surface area (Å²) in [5, 5.41) is 17.8. The zero-order valence-corrected chi connectivity index (χ0v) is 22.0. The number of ether oxygens (including phenoxy) is 1. The molecule has 2 N–H and O–H groups in total. The Hall–Kier alpha value is -3.14. The SMILES string of the molecule is Cc1[nH]c(-c2nnc(C3CC3)o2)c(C)c1C(=O)c1cc(Br)ccc1OCCN(C(=O)O)C(C)(C)C. The first-order valence-corrected chi connectivity index (χ1v) is 12.3. The highest BCUT2D eigenvalue weighted by atomic mass is 79.9. The van der Waals surface area contributed by atoms with Crippen molar-refractivity contribution in [1.29, 1.82) is 0 Å². The van der Waals surface area contributed by atoms with Crippen LogP contribution >= 0.6 is 15.9 Å². The molecule has 1 saturated carbocycles. The molecule has 2 heterocycles. The van der Waals surface area contributed by atoms with Crippen molar-refractivity contribution in [2.24, 2.45) is 0 Å². The van der Waals surface area contributed by atoms with E-state index in [2.05, 4.69) is 31.1 Å². The summed E-state index contributed by atoms with van der Waals surface area (Å²) in [5.41, 5.74) is 2.34. The van der Waals surface area contributed by atoms with Crippen LogP contribution in [0.1, 0.15) is 72.6 Å². The Labute approximate surface area is 212 Å². The number of aryl methyl sites for hydroxylation is 1. The van der Waals surface area contributed by atoms with Crippen LogP contribution in [0.3, 0.4) is 0 Å². The maximum atomic E-state index is 13.7. The minimum atomic E-state index is -1.02. The normalized spacial score (nSPS) is 13.7. The molecule has 10 heteroatoms. The summed E-state index contributed by atoms with van der Waals surface area (Å²) in [4.78, 5) is 29.9. The van der Waals surface area contributed by atoms with Crippen molar-refractivity contribution in [2.75, 3.05) is 13.2 Å². The van der Waals surface area contributed by atoms with Gasteiger partial charge in [0.15, 0.2) is 5.78 Å². The van der Waals surface area contributed by atoms with Crippen LogP contribution in [-0.2, 0) is 0 Å². The Morgan fingerprint density at radius 3 is 2.60 bits per heavy atom. The molecule has 1 aliphatic carbocycles. The fourth-order valence-corrected chi connectivity index (χ4v) is 4.40. The van der Waals surface area contributed by atoms with Gasteiger partial charge in [-0.15, -0.1) is 10.2 Å². The molecular weight excluding hydrogens is 516 g/mol. The Bertz CT molecular complexity index is 1270. The molecule has 0 spiro atoms. The number of carbonyl (C=O) groups excluding carboxylic acids is 1. The van der Waals surface area contributed by atoms with Gasteiger partial charge in [-0.2, -0.15) is 0 Å². The molecule has 0 saturated heterocycles. The third kappa shape index (κ3) is 5.27. The number of rotatable bonds is 8. The zero-order valence-electron chi connectivity index (χ0n) is 20.4. The highest BCUT2D eigenvalue weighted by Gasteiger charge is 2.31. The maximum absolute atomic E-state index is 13.7. The summed E-state index contributed by atoms with van der Waals surface area (Å²) in [6.07, 6.45) is 1.09. The molecule has 0 unspecified atom stereocenters. The van der Waals surface area contributed by atoms with Crippen LogP contribution in [0.15, 0.2) is 27.1 Å². The Kier molecular flexibility index (Phi) is 6.77. The van der Waals surface area contributed by atoms with E-state index in [4.69, 9.17) is 9.15 Å². The highest BCUT2D eigenvalue weighted by molar-refractivity contribution is 9.10. The number of amides is 1. The topological polar surface area (TPSA) is 122 Å². The van der Waals surface area contributed by atoms with Gasteiger partial charge in [0.2, 0.25) is 5.89 Å². The number of hydrogen-bond acceptors (Lipinski definition) is 6. The van der Waals surface area contributed by atoms with Gasteiger partial charge in [0.05, 0.1) is 12.1 Å². The molecule has 1 aliphatic rings. The lowest BCUT2D eigenvalue weighted by Gasteiger charge is -2.33. The molecule has 35 heavy (non-hydrogen) atoms. The van der Waals surface area contributed by atoms with Crippen molar-refractivity contribution in [3.05, 3.63) is 50.9 Å². The summed E-state index contributed by atoms with van der Waals surface area (Å²) in [5.74, 6) is 1.51. The molecule has 0 atom stereocenters. The second-order valence-electron chi connectivity index (χ2n) is 9.77. The number of aromatic nitrogens is 3. The Morgan fingerprint density at radius 2 is 1.97 bits per heavy atom. The van der Waals surface area contributed by atoms with E-state index < -0.39 is 11.6 Å². The van der Waals surface area contributed by atoms with Gasteiger partial charge in [-0.05, 0) is 71.2 Å². The van der Waals surface area contributed by atoms with Gasteiger partial charge >= 0.3 is 6.09 Å². The first-order chi connectivity index (χ1) is 16.5. The van der Waals surface area contributed by atoms with Crippen LogP contribution in [0.25, 0.3) is 11.6 Å². The number of halogens is 1. The van der Waals surface area contributed by atoms with E-state index in [9.17, 15) is 14.7 Å². The summed E-state index contributed by atoms with van der Waals surface area (Å²) in [6, 6.07) is 5.20. The number of H-pyrrole nitrogens is 1. The first kappa shape index (κ1) is 25.0. The minimum absolute atomic E-state index is 0.105. The zero-order chi connectivity index (χ0) is 25.5. The standard InChI is InChI=1S/C25H29BrN4O5/c1-13-19(14(2)27-20(13)23-29-28-22(35-23)15-6-7-15)21(31)17-12-16(26)8-9-18(17)34-11-10-30(24(32)33)25(3,4)5/h8-9,12,15,27H,6-7,10-11H2,1-5H3,(H,32,33). The monoisotopic (exact) mass is 544 g/mol. The number of ketones is 1. The van der Waals surface area contributed by atoms with Gasteiger partial charge in [0.25, 0.3) is 5.89 Å². The van der Waals surface area contributed by atoms with Crippen LogP contribution in [-0.4, -0.2) is 55.8 Å². The van der Waals surface area contributed by atoms with Gasteiger partial charge in [-0.1, -0.05) is 15.9 Å². The summed E-state index contributed by atoms with van der Waals surface area (Å²) in [6.45, 7) is 9.41. The summed E-state index contributed by atoms with van der Waals surface area (Å²) >= 11 is 3.44. The van der Waals surface area contributed by atoms with Crippen molar-refractivity contribution in [2.45, 2.75) is 58.9 Å². The number of carboxylic acid groups (broad SMARTS) is 1. The third-order valence-electron chi connectivity index (χ3n) is 6.04. The van der Waals surface area contributed by atoms with Gasteiger partial charge in [0, 0.05) is 27.2 Å². The van der Waals surface area contributed by atoms with E-state index in [0.717, 1.165) is 17.3 Å². The number of aromatic amines is 1. The Morgan fingerprint density at radius 1 is 1.26 bits per heavy atom. The molecule has 3 aromatic rings. The van der Waals surface area contributed by atoms with Crippen LogP contribution in [0.4, 0.5) is 4.79 Å². The van der Waals surface area contributed by atoms with Crippen LogP contribution in [0.2, 0.25) is 0 Å². The van der Waals surface area contributed by atoms with Gasteiger partial charge in [-0.3, -0.25) is 4.79 Å². The lowest BCUT2D eigenvalue weighted by atomic mass is 9.99. The second-order valence-corrected chi connectivity index (χ2v) is 10.7. The van der Waals surface area contributed by atoms with Crippen LogP contribution in [0, 0.1) is 13.8 Å². The molecule has 0 aliphatic heterocycles. The number of benzene rings is 1. The fourth-order valence-electron chi connectivity index (χ4n) is 4.04. The number of carbonyl (C=O) groups is 2. The second kappa shape index (κ2) is 9.49. The predicted octanol–water partition coefficient (Wildman–Crippen LogP) is 5.71. The third-order valence-corrected chi connectivity index (χ3v) is 6.54. The molecule has 1 aromatic carbocycles. The smallest absolute Gasteiger partial charge is 0.407 e. The number of nitrogens with one attached hydrogen (secondary N) is 1. The average Bonchev–Trinajstić information content (AvgIpc) is 3.43. The van der Waals surface area contributed by atoms with E-state index in [1.54, 1.807) is 18.2 Å². The highest BCUT2D eigenvalue weighted by Crippen LogP contribution is 2.40. The van der Waals surface area contributed by atoms with Crippen molar-refractivity contribution in [3.63, 3.8) is 0 Å². The summed E-state index contributed by atoms with van der Waals surface area (Å²) in [7, 11) is 0. The first-order valence-electron chi connectivity index (χ1n) is 11.5.